The number of aliphatic hydroxyl groups excluding tert-OH is 1. The van der Waals surface area contributed by atoms with Gasteiger partial charge in [0.05, 0.1) is 15.7 Å². The summed E-state index contributed by atoms with van der Waals surface area (Å²) in [5, 5.41) is 13.3. The maximum atomic E-state index is 13.8. The molecule has 0 bridgehead atoms. The van der Waals surface area contributed by atoms with Gasteiger partial charge in [-0.05, 0) is 52.3 Å². The number of hydrogen-bond donors (Lipinski definition) is 3. The van der Waals surface area contributed by atoms with Crippen LogP contribution in [0.25, 0.3) is 11.1 Å². The summed E-state index contributed by atoms with van der Waals surface area (Å²) in [6.07, 6.45) is -6.60. The number of nitrogens with one attached hydrogen (secondary N) is 2. The van der Waals surface area contributed by atoms with Crippen molar-refractivity contribution in [1.29, 1.82) is 0 Å². The molecule has 1 heterocycles. The van der Waals surface area contributed by atoms with Crippen LogP contribution in [0.4, 0.5) is 27.6 Å². The Hall–Kier alpha value is -3.22. The summed E-state index contributed by atoms with van der Waals surface area (Å²) in [4.78, 5) is 26.9. The highest BCUT2D eigenvalue weighted by Gasteiger charge is 2.32. The number of aromatic nitrogens is 1. The van der Waals surface area contributed by atoms with E-state index in [4.69, 9.17) is 16.0 Å². The Balaban J connectivity index is 1.86. The van der Waals surface area contributed by atoms with E-state index in [0.717, 1.165) is 18.2 Å². The predicted molar refractivity (Wildman–Crippen MR) is 119 cm³/mol. The third-order valence-electron chi connectivity index (χ3n) is 4.96. The summed E-state index contributed by atoms with van der Waals surface area (Å²) in [6, 6.07) is 5.56. The fourth-order valence-corrected chi connectivity index (χ4v) is 4.34. The zero-order valence-electron chi connectivity index (χ0n) is 16.9. The standard InChI is InChI=1S/C22H11BrClF5N2O4/c23-17-16(19(32)12-6-10(25)1-2-13(12)24)14(7-15-18(17)31-21(34)35-15)30-20(33)8-3-9(22(27,28)29)5-11(26)4-8/h1-7,19,32H,(H,30,33)(H,31,34). The Morgan fingerprint density at radius 1 is 1.11 bits per heavy atom. The molecule has 0 saturated carbocycles. The van der Waals surface area contributed by atoms with Gasteiger partial charge >= 0.3 is 11.9 Å². The number of amides is 1. The first-order valence-electron chi connectivity index (χ1n) is 9.52. The zero-order chi connectivity index (χ0) is 25.7. The molecule has 0 aliphatic heterocycles. The van der Waals surface area contributed by atoms with Crippen LogP contribution in [0.1, 0.15) is 33.2 Å². The van der Waals surface area contributed by atoms with Crippen molar-refractivity contribution in [2.45, 2.75) is 12.3 Å². The van der Waals surface area contributed by atoms with Crippen LogP contribution in [-0.2, 0) is 6.18 Å². The smallest absolute Gasteiger partial charge is 0.408 e. The lowest BCUT2D eigenvalue weighted by atomic mass is 9.98. The molecule has 0 spiro atoms. The Kier molecular flexibility index (Phi) is 6.47. The molecule has 0 radical (unpaired) electrons. The monoisotopic (exact) mass is 576 g/mol. The number of halogens is 7. The molecule has 182 valence electrons. The zero-order valence-corrected chi connectivity index (χ0v) is 19.3. The Morgan fingerprint density at radius 3 is 2.51 bits per heavy atom. The number of carbonyl (C=O) groups excluding carboxylic acids is 1. The van der Waals surface area contributed by atoms with Gasteiger partial charge in [-0.3, -0.25) is 9.78 Å². The molecule has 1 aromatic heterocycles. The molecular weight excluding hydrogens is 567 g/mol. The van der Waals surface area contributed by atoms with E-state index in [-0.39, 0.29) is 43.5 Å². The van der Waals surface area contributed by atoms with Gasteiger partial charge in [0.1, 0.15) is 23.3 Å². The van der Waals surface area contributed by atoms with E-state index >= 15 is 0 Å². The minimum Gasteiger partial charge on any atom is -0.408 e. The number of alkyl halides is 3. The number of anilines is 1. The molecule has 35 heavy (non-hydrogen) atoms. The highest BCUT2D eigenvalue weighted by Crippen LogP contribution is 2.41. The van der Waals surface area contributed by atoms with Crippen LogP contribution in [-0.4, -0.2) is 16.0 Å². The van der Waals surface area contributed by atoms with Crippen LogP contribution in [0.3, 0.4) is 0 Å². The SMILES string of the molecule is O=C(Nc1cc2oc(=O)[nH]c2c(Br)c1C(O)c1cc(F)ccc1Cl)c1cc(F)cc(C(F)(F)F)c1. The lowest BCUT2D eigenvalue weighted by Crippen LogP contribution is -2.17. The molecule has 1 atom stereocenters. The van der Waals surface area contributed by atoms with Crippen molar-refractivity contribution in [1.82, 2.24) is 4.98 Å². The van der Waals surface area contributed by atoms with E-state index in [1.807, 2.05) is 0 Å². The summed E-state index contributed by atoms with van der Waals surface area (Å²) >= 11 is 9.29. The molecule has 0 aliphatic rings. The molecule has 6 nitrogen and oxygen atoms in total. The molecule has 13 heteroatoms. The van der Waals surface area contributed by atoms with Crippen molar-refractivity contribution in [2.24, 2.45) is 0 Å². The average molecular weight is 578 g/mol. The van der Waals surface area contributed by atoms with E-state index in [2.05, 4.69) is 26.2 Å². The van der Waals surface area contributed by atoms with E-state index in [1.54, 1.807) is 0 Å². The molecule has 0 fully saturated rings. The minimum absolute atomic E-state index is 0.0131. The van der Waals surface area contributed by atoms with E-state index in [1.165, 1.54) is 6.07 Å². The molecule has 3 aromatic carbocycles. The van der Waals surface area contributed by atoms with Gasteiger partial charge in [0, 0.05) is 27.8 Å². The molecule has 3 N–H and O–H groups in total. The van der Waals surface area contributed by atoms with Gasteiger partial charge < -0.3 is 14.8 Å². The molecule has 0 saturated heterocycles. The number of fused-ring (bicyclic) bond motifs is 1. The van der Waals surface area contributed by atoms with Gasteiger partial charge in [0.25, 0.3) is 5.91 Å². The number of rotatable bonds is 4. The van der Waals surface area contributed by atoms with Gasteiger partial charge in [-0.25, -0.2) is 13.6 Å². The first-order chi connectivity index (χ1) is 16.3. The second kappa shape index (κ2) is 9.10. The second-order valence-electron chi connectivity index (χ2n) is 7.29. The first kappa shape index (κ1) is 24.9. The van der Waals surface area contributed by atoms with Crippen molar-refractivity contribution < 1.29 is 36.3 Å². The van der Waals surface area contributed by atoms with Crippen LogP contribution in [0.5, 0.6) is 0 Å². The van der Waals surface area contributed by atoms with Crippen molar-refractivity contribution >= 4 is 50.2 Å². The van der Waals surface area contributed by atoms with Gasteiger partial charge in [0.2, 0.25) is 0 Å². The van der Waals surface area contributed by atoms with E-state index < -0.39 is 46.7 Å². The normalized spacial score (nSPS) is 12.7. The van der Waals surface area contributed by atoms with Crippen LogP contribution >= 0.6 is 27.5 Å². The topological polar surface area (TPSA) is 95.3 Å². The number of oxazole rings is 1. The molecule has 1 unspecified atom stereocenters. The van der Waals surface area contributed by atoms with Gasteiger partial charge in [-0.1, -0.05) is 11.6 Å². The van der Waals surface area contributed by atoms with Gasteiger partial charge in [-0.15, -0.1) is 0 Å². The molecule has 4 aromatic rings. The number of hydrogen-bond acceptors (Lipinski definition) is 4. The van der Waals surface area contributed by atoms with E-state index in [0.29, 0.717) is 12.1 Å². The van der Waals surface area contributed by atoms with Crippen LogP contribution in [0.15, 0.2) is 56.1 Å². The highest BCUT2D eigenvalue weighted by molar-refractivity contribution is 9.10. The number of H-pyrrole nitrogens is 1. The Bertz CT molecular complexity index is 1530. The van der Waals surface area contributed by atoms with Crippen molar-refractivity contribution in [2.75, 3.05) is 5.32 Å². The van der Waals surface area contributed by atoms with Gasteiger partial charge in [0.15, 0.2) is 5.58 Å². The maximum absolute atomic E-state index is 13.8. The predicted octanol–water partition coefficient (Wildman–Crippen LogP) is 6.17. The minimum atomic E-state index is -4.91. The lowest BCUT2D eigenvalue weighted by molar-refractivity contribution is -0.137. The summed E-state index contributed by atoms with van der Waals surface area (Å²) in [5.74, 6) is -4.08. The number of aromatic amines is 1. The summed E-state index contributed by atoms with van der Waals surface area (Å²) in [6.45, 7) is 0. The lowest BCUT2D eigenvalue weighted by Gasteiger charge is -2.20. The van der Waals surface area contributed by atoms with Crippen LogP contribution in [0.2, 0.25) is 5.02 Å². The van der Waals surface area contributed by atoms with Crippen molar-refractivity contribution in [3.05, 3.63) is 96.4 Å². The summed E-state index contributed by atoms with van der Waals surface area (Å²) in [7, 11) is 0. The van der Waals surface area contributed by atoms with Crippen LogP contribution in [0, 0.1) is 11.6 Å². The third-order valence-corrected chi connectivity index (χ3v) is 6.13. The second-order valence-corrected chi connectivity index (χ2v) is 8.49. The number of aliphatic hydroxyl groups is 1. The highest BCUT2D eigenvalue weighted by atomic mass is 79.9. The summed E-state index contributed by atoms with van der Waals surface area (Å²) < 4.78 is 71.9. The van der Waals surface area contributed by atoms with Crippen molar-refractivity contribution in [3.63, 3.8) is 0 Å². The van der Waals surface area contributed by atoms with Crippen molar-refractivity contribution in [3.8, 4) is 0 Å². The largest absolute Gasteiger partial charge is 0.417 e. The fraction of sp³-hybridized carbons (Fsp3) is 0.0909. The fourth-order valence-electron chi connectivity index (χ4n) is 3.40. The van der Waals surface area contributed by atoms with Crippen LogP contribution < -0.4 is 11.1 Å². The Morgan fingerprint density at radius 2 is 1.83 bits per heavy atom. The van der Waals surface area contributed by atoms with E-state index in [9.17, 15) is 36.6 Å². The Labute approximate surface area is 205 Å². The molecule has 0 aliphatic carbocycles. The molecule has 1 amide bonds. The first-order valence-corrected chi connectivity index (χ1v) is 10.7. The molecular formula is C22H11BrClF5N2O4. The molecule has 4 rings (SSSR count). The number of carbonyl (C=O) groups is 1. The summed E-state index contributed by atoms with van der Waals surface area (Å²) in [5.41, 5.74) is -2.56. The maximum Gasteiger partial charge on any atom is 0.417 e. The third kappa shape index (κ3) is 4.95. The quantitative estimate of drug-likeness (QED) is 0.253. The number of benzene rings is 3. The average Bonchev–Trinajstić information content (AvgIpc) is 3.14. The van der Waals surface area contributed by atoms with Gasteiger partial charge in [-0.2, -0.15) is 13.2 Å².